The van der Waals surface area contributed by atoms with Gasteiger partial charge >= 0.3 is 5.97 Å². The summed E-state index contributed by atoms with van der Waals surface area (Å²) in [7, 11) is 1.46. The van der Waals surface area contributed by atoms with Crippen LogP contribution in [0.2, 0.25) is 0 Å². The van der Waals surface area contributed by atoms with Crippen LogP contribution in [-0.2, 0) is 13.8 Å². The maximum Gasteiger partial charge on any atom is 0.303 e. The molecule has 0 aromatic rings. The second-order valence-electron chi connectivity index (χ2n) is 3.25. The summed E-state index contributed by atoms with van der Waals surface area (Å²) in [5.41, 5.74) is -0.563. The summed E-state index contributed by atoms with van der Waals surface area (Å²) in [6.45, 7) is 0. The molecule has 1 fully saturated rings. The largest absolute Gasteiger partial charge is 0.481 e. The van der Waals surface area contributed by atoms with Gasteiger partial charge in [-0.05, 0) is 18.3 Å². The first-order chi connectivity index (χ1) is 5.33. The second kappa shape index (κ2) is 2.88. The first kappa shape index (κ1) is 9.80. The number of carboxylic acid groups (broad SMARTS) is 1. The molecule has 1 N–H and O–H groups in total. The Morgan fingerprint density at radius 2 is 2.00 bits per heavy atom. The van der Waals surface area contributed by atoms with Crippen LogP contribution in [-0.4, -0.2) is 25.2 Å². The minimum absolute atomic E-state index is 0.0983. The van der Waals surface area contributed by atoms with Crippen molar-refractivity contribution in [2.45, 2.75) is 19.3 Å². The molecular weight excluding hydrogens is 204 g/mol. The molecule has 0 heterocycles. The van der Waals surface area contributed by atoms with Gasteiger partial charge in [0.15, 0.2) is 0 Å². The maximum absolute atomic E-state index is 10.6. The summed E-state index contributed by atoms with van der Waals surface area (Å²) in [4.78, 5) is 10.3. The van der Waals surface area contributed by atoms with Gasteiger partial charge in [0.1, 0.15) is 0 Å². The summed E-state index contributed by atoms with van der Waals surface area (Å²) in [6.07, 6.45) is 1.19. The van der Waals surface area contributed by atoms with Crippen molar-refractivity contribution in [3.63, 3.8) is 0 Å². The van der Waals surface area contributed by atoms with Gasteiger partial charge in [0, 0.05) is 10.7 Å². The van der Waals surface area contributed by atoms with E-state index < -0.39 is 20.4 Å². The monoisotopic (exact) mass is 212 g/mol. The van der Waals surface area contributed by atoms with Crippen molar-refractivity contribution in [3.05, 3.63) is 0 Å². The average molecular weight is 213 g/mol. The predicted molar refractivity (Wildman–Crippen MR) is 43.6 cm³/mol. The molecule has 0 aromatic carbocycles. The molecule has 0 spiro atoms. The first-order valence-electron chi connectivity index (χ1n) is 3.47. The SMILES string of the molecule is O=C(O)CC1(CS(=O)(=O)Cl)CC1. The highest BCUT2D eigenvalue weighted by atomic mass is 35.7. The minimum Gasteiger partial charge on any atom is -0.481 e. The number of halogens is 1. The quantitative estimate of drug-likeness (QED) is 0.700. The highest BCUT2D eigenvalue weighted by Crippen LogP contribution is 2.50. The molecule has 0 saturated heterocycles. The highest BCUT2D eigenvalue weighted by Gasteiger charge is 2.47. The Morgan fingerprint density at radius 3 is 2.25 bits per heavy atom. The molecule has 0 aliphatic heterocycles. The molecule has 70 valence electrons. The minimum atomic E-state index is -3.56. The van der Waals surface area contributed by atoms with Crippen molar-refractivity contribution in [3.8, 4) is 0 Å². The van der Waals surface area contributed by atoms with Gasteiger partial charge in [-0.2, -0.15) is 0 Å². The molecule has 12 heavy (non-hydrogen) atoms. The molecule has 0 radical (unpaired) electrons. The molecule has 0 aromatic heterocycles. The van der Waals surface area contributed by atoms with E-state index in [-0.39, 0.29) is 12.2 Å². The van der Waals surface area contributed by atoms with Crippen LogP contribution in [0.3, 0.4) is 0 Å². The molecule has 1 aliphatic carbocycles. The van der Waals surface area contributed by atoms with Crippen molar-refractivity contribution < 1.29 is 18.3 Å². The van der Waals surface area contributed by atoms with E-state index in [9.17, 15) is 13.2 Å². The zero-order valence-electron chi connectivity index (χ0n) is 6.29. The number of hydrogen-bond acceptors (Lipinski definition) is 3. The Kier molecular flexibility index (Phi) is 2.35. The average Bonchev–Trinajstić information content (AvgIpc) is 2.40. The van der Waals surface area contributed by atoms with E-state index in [0.29, 0.717) is 12.8 Å². The number of rotatable bonds is 4. The third kappa shape index (κ3) is 2.98. The van der Waals surface area contributed by atoms with Crippen molar-refractivity contribution in [1.29, 1.82) is 0 Å². The predicted octanol–water partition coefficient (Wildman–Crippen LogP) is 0.810. The molecule has 1 rings (SSSR count). The van der Waals surface area contributed by atoms with E-state index in [1.54, 1.807) is 0 Å². The molecule has 0 unspecified atom stereocenters. The van der Waals surface area contributed by atoms with Gasteiger partial charge in [-0.3, -0.25) is 4.79 Å². The normalized spacial score (nSPS) is 20.4. The number of carboxylic acids is 1. The Balaban J connectivity index is 2.57. The summed E-state index contributed by atoms with van der Waals surface area (Å²) in [6, 6.07) is 0. The first-order valence-corrected chi connectivity index (χ1v) is 5.95. The fourth-order valence-corrected chi connectivity index (χ4v) is 3.05. The Morgan fingerprint density at radius 1 is 1.50 bits per heavy atom. The molecular formula is C6H9ClO4S. The lowest BCUT2D eigenvalue weighted by Gasteiger charge is -2.08. The van der Waals surface area contributed by atoms with Crippen LogP contribution < -0.4 is 0 Å². The Bertz CT molecular complexity index is 291. The van der Waals surface area contributed by atoms with Crippen LogP contribution in [0.1, 0.15) is 19.3 Å². The second-order valence-corrected chi connectivity index (χ2v) is 6.03. The van der Waals surface area contributed by atoms with Gasteiger partial charge in [-0.15, -0.1) is 0 Å². The summed E-state index contributed by atoms with van der Waals surface area (Å²) in [5, 5.41) is 8.45. The van der Waals surface area contributed by atoms with Gasteiger partial charge in [0.05, 0.1) is 12.2 Å². The molecule has 0 atom stereocenters. The van der Waals surface area contributed by atoms with Crippen molar-refractivity contribution in [1.82, 2.24) is 0 Å². The van der Waals surface area contributed by atoms with Gasteiger partial charge in [0.25, 0.3) is 0 Å². The number of hydrogen-bond donors (Lipinski definition) is 1. The van der Waals surface area contributed by atoms with Crippen molar-refractivity contribution in [2.75, 3.05) is 5.75 Å². The third-order valence-electron chi connectivity index (χ3n) is 1.96. The van der Waals surface area contributed by atoms with Gasteiger partial charge < -0.3 is 5.11 Å². The lowest BCUT2D eigenvalue weighted by atomic mass is 10.1. The fraction of sp³-hybridized carbons (Fsp3) is 0.833. The molecule has 1 aliphatic rings. The zero-order chi connectivity index (χ0) is 9.41. The number of aliphatic carboxylic acids is 1. The summed E-state index contributed by atoms with van der Waals surface area (Å²) < 4.78 is 21.3. The summed E-state index contributed by atoms with van der Waals surface area (Å²) in [5.74, 6) is -1.18. The van der Waals surface area contributed by atoms with Crippen LogP contribution >= 0.6 is 10.7 Å². The van der Waals surface area contributed by atoms with E-state index in [1.807, 2.05) is 0 Å². The van der Waals surface area contributed by atoms with Gasteiger partial charge in [-0.1, -0.05) is 0 Å². The third-order valence-corrected chi connectivity index (χ3v) is 3.25. The van der Waals surface area contributed by atoms with Crippen LogP contribution in [0.4, 0.5) is 0 Å². The standard InChI is InChI=1S/C6H9ClO4S/c7-12(10,11)4-6(1-2-6)3-5(8)9/h1-4H2,(H,8,9). The van der Waals surface area contributed by atoms with Crippen molar-refractivity contribution in [2.24, 2.45) is 5.41 Å². The Hall–Kier alpha value is -0.290. The molecule has 0 bridgehead atoms. The van der Waals surface area contributed by atoms with E-state index >= 15 is 0 Å². The van der Waals surface area contributed by atoms with Crippen LogP contribution in [0.15, 0.2) is 0 Å². The smallest absolute Gasteiger partial charge is 0.303 e. The van der Waals surface area contributed by atoms with E-state index in [2.05, 4.69) is 0 Å². The molecule has 1 saturated carbocycles. The van der Waals surface area contributed by atoms with E-state index in [4.69, 9.17) is 15.8 Å². The zero-order valence-corrected chi connectivity index (χ0v) is 7.86. The summed E-state index contributed by atoms with van der Waals surface area (Å²) >= 11 is 0. The lowest BCUT2D eigenvalue weighted by molar-refractivity contribution is -0.138. The molecule has 4 nitrogen and oxygen atoms in total. The number of carbonyl (C=O) groups is 1. The van der Waals surface area contributed by atoms with Gasteiger partial charge in [-0.25, -0.2) is 8.42 Å². The van der Waals surface area contributed by atoms with Crippen LogP contribution in [0.25, 0.3) is 0 Å². The van der Waals surface area contributed by atoms with E-state index in [1.165, 1.54) is 0 Å². The lowest BCUT2D eigenvalue weighted by Crippen LogP contribution is -2.16. The topological polar surface area (TPSA) is 71.4 Å². The van der Waals surface area contributed by atoms with Crippen LogP contribution in [0, 0.1) is 5.41 Å². The van der Waals surface area contributed by atoms with Crippen molar-refractivity contribution >= 4 is 25.7 Å². The maximum atomic E-state index is 10.6. The fourth-order valence-electron chi connectivity index (χ4n) is 1.24. The van der Waals surface area contributed by atoms with Gasteiger partial charge in [0.2, 0.25) is 9.05 Å². The highest BCUT2D eigenvalue weighted by molar-refractivity contribution is 8.13. The van der Waals surface area contributed by atoms with Crippen LogP contribution in [0.5, 0.6) is 0 Å². The Labute approximate surface area is 74.9 Å². The molecule has 6 heteroatoms. The van der Waals surface area contributed by atoms with E-state index in [0.717, 1.165) is 0 Å². The molecule has 0 amide bonds.